The van der Waals surface area contributed by atoms with Gasteiger partial charge in [0.2, 0.25) is 5.91 Å². The quantitative estimate of drug-likeness (QED) is 0.584. The van der Waals surface area contributed by atoms with Gasteiger partial charge in [-0.2, -0.15) is 0 Å². The van der Waals surface area contributed by atoms with Crippen LogP contribution < -0.4 is 0 Å². The van der Waals surface area contributed by atoms with E-state index in [1.54, 1.807) is 6.07 Å². The number of carbonyl (C=O) groups excluding carboxylic acids is 2. The van der Waals surface area contributed by atoms with Crippen LogP contribution in [0.1, 0.15) is 59.4 Å². The van der Waals surface area contributed by atoms with Crippen molar-refractivity contribution in [3.63, 3.8) is 0 Å². The number of fused-ring (bicyclic) bond motifs is 1. The molecule has 2 unspecified atom stereocenters. The van der Waals surface area contributed by atoms with E-state index in [0.717, 1.165) is 94.9 Å². The minimum atomic E-state index is -0.187. The predicted octanol–water partition coefficient (Wildman–Crippen LogP) is 3.60. The molecule has 0 spiro atoms. The number of hydrogen-bond donors (Lipinski definition) is 0. The summed E-state index contributed by atoms with van der Waals surface area (Å²) >= 11 is 0. The normalized spacial score (nSPS) is 25.0. The molecule has 6 rings (SSSR count). The average molecular weight is 520 g/mol. The fourth-order valence-electron chi connectivity index (χ4n) is 7.12. The molecule has 1 aliphatic carbocycles. The third kappa shape index (κ3) is 4.83. The number of benzene rings is 1. The zero-order valence-electron chi connectivity index (χ0n) is 22.5. The SMILES string of the molecule is Cc1ncnc(C)c1C(=O)N1CC2CN(CCC3(c4cccc(F)c4)CCN(C(=O)C4CC4)CC3)CC2C1. The molecule has 3 aliphatic heterocycles. The molecule has 0 bridgehead atoms. The number of rotatable bonds is 6. The van der Waals surface area contributed by atoms with Crippen LogP contribution in [-0.2, 0) is 10.2 Å². The smallest absolute Gasteiger partial charge is 0.257 e. The first kappa shape index (κ1) is 25.4. The van der Waals surface area contributed by atoms with E-state index in [1.165, 1.54) is 12.4 Å². The minimum absolute atomic E-state index is 0.0547. The lowest BCUT2D eigenvalue weighted by molar-refractivity contribution is -0.134. The third-order valence-corrected chi connectivity index (χ3v) is 9.59. The first-order chi connectivity index (χ1) is 18.3. The zero-order valence-corrected chi connectivity index (χ0v) is 22.5. The summed E-state index contributed by atoms with van der Waals surface area (Å²) in [5, 5.41) is 0. The molecule has 4 fully saturated rings. The second kappa shape index (κ2) is 10.0. The lowest BCUT2D eigenvalue weighted by Crippen LogP contribution is -2.47. The van der Waals surface area contributed by atoms with Crippen molar-refractivity contribution in [2.75, 3.05) is 45.8 Å². The molecule has 2 atom stereocenters. The van der Waals surface area contributed by atoms with Gasteiger partial charge in [0.15, 0.2) is 0 Å². The maximum atomic E-state index is 14.3. The molecule has 2 aromatic rings. The highest BCUT2D eigenvalue weighted by Gasteiger charge is 2.44. The van der Waals surface area contributed by atoms with Gasteiger partial charge in [-0.25, -0.2) is 14.4 Å². The summed E-state index contributed by atoms with van der Waals surface area (Å²) in [6.45, 7) is 9.77. The maximum Gasteiger partial charge on any atom is 0.257 e. The number of amides is 2. The molecule has 3 saturated heterocycles. The van der Waals surface area contributed by atoms with Gasteiger partial charge in [-0.3, -0.25) is 9.59 Å². The second-order valence-corrected chi connectivity index (χ2v) is 12.0. The largest absolute Gasteiger partial charge is 0.342 e. The third-order valence-electron chi connectivity index (χ3n) is 9.59. The summed E-state index contributed by atoms with van der Waals surface area (Å²) < 4.78 is 14.3. The first-order valence-electron chi connectivity index (χ1n) is 14.2. The molecule has 4 heterocycles. The number of aromatic nitrogens is 2. The Balaban J connectivity index is 1.09. The molecule has 202 valence electrons. The van der Waals surface area contributed by atoms with E-state index in [0.29, 0.717) is 23.3 Å². The minimum Gasteiger partial charge on any atom is -0.342 e. The van der Waals surface area contributed by atoms with Crippen LogP contribution in [0.15, 0.2) is 30.6 Å². The van der Waals surface area contributed by atoms with Crippen molar-refractivity contribution in [1.29, 1.82) is 0 Å². The van der Waals surface area contributed by atoms with Crippen LogP contribution in [0, 0.1) is 37.4 Å². The van der Waals surface area contributed by atoms with Crippen molar-refractivity contribution < 1.29 is 14.0 Å². The highest BCUT2D eigenvalue weighted by Crippen LogP contribution is 2.42. The summed E-state index contributed by atoms with van der Waals surface area (Å²) in [7, 11) is 0. The fourth-order valence-corrected chi connectivity index (χ4v) is 7.12. The van der Waals surface area contributed by atoms with Crippen LogP contribution in [0.25, 0.3) is 0 Å². The highest BCUT2D eigenvalue weighted by molar-refractivity contribution is 5.96. The van der Waals surface area contributed by atoms with Crippen LogP contribution in [0.2, 0.25) is 0 Å². The first-order valence-corrected chi connectivity index (χ1v) is 14.2. The van der Waals surface area contributed by atoms with E-state index in [9.17, 15) is 14.0 Å². The van der Waals surface area contributed by atoms with Gasteiger partial charge in [0.05, 0.1) is 17.0 Å². The van der Waals surface area contributed by atoms with Gasteiger partial charge in [-0.05, 0) is 87.4 Å². The Kier molecular flexibility index (Phi) is 6.70. The summed E-state index contributed by atoms with van der Waals surface area (Å²) in [6.07, 6.45) is 6.31. The Morgan fingerprint density at radius 3 is 2.24 bits per heavy atom. The van der Waals surface area contributed by atoms with Gasteiger partial charge in [0.1, 0.15) is 12.1 Å². The molecule has 8 heteroatoms. The van der Waals surface area contributed by atoms with Crippen molar-refractivity contribution in [2.45, 2.75) is 51.4 Å². The monoisotopic (exact) mass is 519 g/mol. The lowest BCUT2D eigenvalue weighted by atomic mass is 9.70. The van der Waals surface area contributed by atoms with E-state index in [2.05, 4.69) is 20.9 Å². The van der Waals surface area contributed by atoms with E-state index < -0.39 is 0 Å². The van der Waals surface area contributed by atoms with Gasteiger partial charge < -0.3 is 14.7 Å². The van der Waals surface area contributed by atoms with Gasteiger partial charge >= 0.3 is 0 Å². The number of aryl methyl sites for hydroxylation is 2. The van der Waals surface area contributed by atoms with Crippen molar-refractivity contribution in [1.82, 2.24) is 24.7 Å². The number of halogens is 1. The Bertz CT molecular complexity index is 1190. The second-order valence-electron chi connectivity index (χ2n) is 12.0. The standard InChI is InChI=1S/C30H38FN5O2/c1-20-27(21(2)33-19-32-20)29(38)36-17-23-15-34(16-24(23)18-36)11-8-30(25-4-3-5-26(31)14-25)9-12-35(13-10-30)28(37)22-6-7-22/h3-5,14,19,22-24H,6-13,15-18H2,1-2H3. The van der Waals surface area contributed by atoms with Crippen LogP contribution in [-0.4, -0.2) is 82.3 Å². The molecule has 4 aliphatic rings. The van der Waals surface area contributed by atoms with Crippen LogP contribution in [0.4, 0.5) is 4.39 Å². The number of carbonyl (C=O) groups is 2. The Hall–Kier alpha value is -2.87. The van der Waals surface area contributed by atoms with Crippen LogP contribution >= 0.6 is 0 Å². The van der Waals surface area contributed by atoms with Crippen molar-refractivity contribution in [2.24, 2.45) is 17.8 Å². The highest BCUT2D eigenvalue weighted by atomic mass is 19.1. The molecule has 2 amide bonds. The molecule has 38 heavy (non-hydrogen) atoms. The zero-order chi connectivity index (χ0) is 26.4. The van der Waals surface area contributed by atoms with E-state index >= 15 is 0 Å². The summed E-state index contributed by atoms with van der Waals surface area (Å²) in [5.74, 6) is 1.39. The van der Waals surface area contributed by atoms with Crippen LogP contribution in [0.5, 0.6) is 0 Å². The maximum absolute atomic E-state index is 14.3. The number of nitrogens with zero attached hydrogens (tertiary/aromatic N) is 5. The number of hydrogen-bond acceptors (Lipinski definition) is 5. The topological polar surface area (TPSA) is 69.6 Å². The van der Waals surface area contributed by atoms with Gasteiger partial charge in [0.25, 0.3) is 5.91 Å². The average Bonchev–Trinajstić information content (AvgIpc) is 3.57. The molecular weight excluding hydrogens is 481 g/mol. The summed E-state index contributed by atoms with van der Waals surface area (Å²) in [6, 6.07) is 7.11. The molecule has 7 nitrogen and oxygen atoms in total. The van der Waals surface area contributed by atoms with Crippen molar-refractivity contribution in [3.05, 3.63) is 58.9 Å². The molecule has 1 aromatic heterocycles. The summed E-state index contributed by atoms with van der Waals surface area (Å²) in [4.78, 5) is 41.0. The van der Waals surface area contributed by atoms with Crippen LogP contribution in [0.3, 0.4) is 0 Å². The molecule has 0 radical (unpaired) electrons. The van der Waals surface area contributed by atoms with Crippen molar-refractivity contribution >= 4 is 11.8 Å². The Labute approximate surface area is 224 Å². The lowest BCUT2D eigenvalue weighted by Gasteiger charge is -2.43. The predicted molar refractivity (Wildman–Crippen MR) is 142 cm³/mol. The summed E-state index contributed by atoms with van der Waals surface area (Å²) in [5.41, 5.74) is 3.10. The molecular formula is C30H38FN5O2. The van der Waals surface area contributed by atoms with E-state index in [1.807, 2.05) is 29.7 Å². The van der Waals surface area contributed by atoms with Gasteiger partial charge in [-0.15, -0.1) is 0 Å². The van der Waals surface area contributed by atoms with Gasteiger partial charge in [-0.1, -0.05) is 12.1 Å². The Morgan fingerprint density at radius 1 is 0.974 bits per heavy atom. The van der Waals surface area contributed by atoms with E-state index in [4.69, 9.17) is 0 Å². The molecule has 0 N–H and O–H groups in total. The van der Waals surface area contributed by atoms with E-state index in [-0.39, 0.29) is 23.1 Å². The molecule has 1 saturated carbocycles. The number of likely N-dealkylation sites (tertiary alicyclic amines) is 3. The van der Waals surface area contributed by atoms with Crippen molar-refractivity contribution in [3.8, 4) is 0 Å². The van der Waals surface area contributed by atoms with Gasteiger partial charge in [0, 0.05) is 45.2 Å². The fraction of sp³-hybridized carbons (Fsp3) is 0.600. The Morgan fingerprint density at radius 2 is 1.63 bits per heavy atom. The molecule has 1 aromatic carbocycles. The number of piperidine rings is 1.